The number of pyridine rings is 2. The van der Waals surface area contributed by atoms with Gasteiger partial charge >= 0.3 is 0 Å². The van der Waals surface area contributed by atoms with Gasteiger partial charge in [0.15, 0.2) is 0 Å². The van der Waals surface area contributed by atoms with E-state index in [9.17, 15) is 4.79 Å². The third kappa shape index (κ3) is 2.63. The van der Waals surface area contributed by atoms with Crippen molar-refractivity contribution in [1.29, 1.82) is 0 Å². The smallest absolute Gasteiger partial charge is 0.205 e. The van der Waals surface area contributed by atoms with Crippen molar-refractivity contribution < 1.29 is 0 Å². The highest BCUT2D eigenvalue weighted by Gasteiger charge is 2.21. The SMILES string of the molecule is CCn1cc(Br)c(=O)c2cc(NC3Cc4ccccc4C3)cnc21. The lowest BCUT2D eigenvalue weighted by Crippen LogP contribution is -2.20. The maximum atomic E-state index is 12.4. The van der Waals surface area contributed by atoms with Gasteiger partial charge in [0.1, 0.15) is 5.65 Å². The van der Waals surface area contributed by atoms with Crippen LogP contribution in [0.3, 0.4) is 0 Å². The van der Waals surface area contributed by atoms with Crippen LogP contribution in [-0.4, -0.2) is 15.6 Å². The molecular weight excluding hydrogens is 366 g/mol. The molecule has 0 saturated heterocycles. The summed E-state index contributed by atoms with van der Waals surface area (Å²) in [6, 6.07) is 10.8. The standard InChI is InChI=1S/C19H18BrN3O/c1-2-23-11-17(20)18(24)16-9-15(10-21-19(16)23)22-14-7-12-5-3-4-6-13(12)8-14/h3-6,9-11,14,22H,2,7-8H2,1H3. The van der Waals surface area contributed by atoms with Gasteiger partial charge in [-0.3, -0.25) is 4.79 Å². The molecule has 0 atom stereocenters. The number of aromatic nitrogens is 2. The second-order valence-electron chi connectivity index (χ2n) is 6.21. The van der Waals surface area contributed by atoms with Crippen molar-refractivity contribution >= 4 is 32.7 Å². The van der Waals surface area contributed by atoms with Crippen molar-refractivity contribution in [3.8, 4) is 0 Å². The summed E-state index contributed by atoms with van der Waals surface area (Å²) in [5.74, 6) is 0. The van der Waals surface area contributed by atoms with Gasteiger partial charge in [-0.15, -0.1) is 0 Å². The molecule has 1 aromatic carbocycles. The molecule has 4 rings (SSSR count). The number of benzene rings is 1. The number of anilines is 1. The zero-order chi connectivity index (χ0) is 16.7. The van der Waals surface area contributed by atoms with Crippen molar-refractivity contribution in [2.24, 2.45) is 0 Å². The second kappa shape index (κ2) is 6.06. The second-order valence-corrected chi connectivity index (χ2v) is 7.06. The van der Waals surface area contributed by atoms with Crippen LogP contribution in [0, 0.1) is 0 Å². The predicted octanol–water partition coefficient (Wildman–Crippen LogP) is 3.76. The van der Waals surface area contributed by atoms with E-state index in [1.807, 2.05) is 23.8 Å². The maximum Gasteiger partial charge on any atom is 0.205 e. The zero-order valence-corrected chi connectivity index (χ0v) is 15.0. The molecule has 0 unspecified atom stereocenters. The van der Waals surface area contributed by atoms with E-state index >= 15 is 0 Å². The highest BCUT2D eigenvalue weighted by atomic mass is 79.9. The summed E-state index contributed by atoms with van der Waals surface area (Å²) in [6.45, 7) is 2.81. The Morgan fingerprint density at radius 2 is 2.00 bits per heavy atom. The summed E-state index contributed by atoms with van der Waals surface area (Å²) < 4.78 is 2.56. The molecule has 0 amide bonds. The van der Waals surface area contributed by atoms with E-state index in [0.717, 1.165) is 30.7 Å². The molecule has 2 heterocycles. The molecular formula is C19H18BrN3O. The van der Waals surface area contributed by atoms with Gasteiger partial charge in [-0.2, -0.15) is 0 Å². The average molecular weight is 384 g/mol. The fourth-order valence-electron chi connectivity index (χ4n) is 3.46. The number of fused-ring (bicyclic) bond motifs is 2. The van der Waals surface area contributed by atoms with Gasteiger partial charge < -0.3 is 9.88 Å². The van der Waals surface area contributed by atoms with Crippen LogP contribution < -0.4 is 10.7 Å². The summed E-state index contributed by atoms with van der Waals surface area (Å²) in [5, 5.41) is 4.18. The van der Waals surface area contributed by atoms with Crippen LogP contribution in [0.2, 0.25) is 0 Å². The van der Waals surface area contributed by atoms with E-state index in [0.29, 0.717) is 15.9 Å². The summed E-state index contributed by atoms with van der Waals surface area (Å²) in [7, 11) is 0. The molecule has 1 aliphatic carbocycles. The first kappa shape index (κ1) is 15.4. The fraction of sp³-hybridized carbons (Fsp3) is 0.263. The van der Waals surface area contributed by atoms with Gasteiger partial charge in [0, 0.05) is 18.8 Å². The van der Waals surface area contributed by atoms with Crippen molar-refractivity contribution in [3.05, 3.63) is 68.5 Å². The third-order valence-corrected chi connectivity index (χ3v) is 5.20. The largest absolute Gasteiger partial charge is 0.380 e. The lowest BCUT2D eigenvalue weighted by molar-refractivity contribution is 0.767. The highest BCUT2D eigenvalue weighted by molar-refractivity contribution is 9.10. The molecule has 24 heavy (non-hydrogen) atoms. The quantitative estimate of drug-likeness (QED) is 0.748. The van der Waals surface area contributed by atoms with Gasteiger partial charge in [-0.25, -0.2) is 4.98 Å². The number of nitrogens with one attached hydrogen (secondary N) is 1. The molecule has 0 spiro atoms. The molecule has 0 radical (unpaired) electrons. The normalized spacial score (nSPS) is 14.1. The minimum absolute atomic E-state index is 0.0134. The average Bonchev–Trinajstić information content (AvgIpc) is 3.00. The number of rotatable bonds is 3. The van der Waals surface area contributed by atoms with Crippen LogP contribution in [0.1, 0.15) is 18.1 Å². The van der Waals surface area contributed by atoms with Gasteiger partial charge in [0.05, 0.1) is 21.7 Å². The summed E-state index contributed by atoms with van der Waals surface area (Å²) in [6.07, 6.45) is 5.64. The van der Waals surface area contributed by atoms with Crippen LogP contribution >= 0.6 is 15.9 Å². The fourth-order valence-corrected chi connectivity index (χ4v) is 3.92. The molecule has 3 aromatic rings. The lowest BCUT2D eigenvalue weighted by atomic mass is 10.1. The number of hydrogen-bond donors (Lipinski definition) is 1. The molecule has 4 nitrogen and oxygen atoms in total. The number of halogens is 1. The summed E-state index contributed by atoms with van der Waals surface area (Å²) >= 11 is 3.36. The highest BCUT2D eigenvalue weighted by Crippen LogP contribution is 2.25. The topological polar surface area (TPSA) is 46.9 Å². The molecule has 0 fully saturated rings. The maximum absolute atomic E-state index is 12.4. The monoisotopic (exact) mass is 383 g/mol. The van der Waals surface area contributed by atoms with Crippen LogP contribution in [0.4, 0.5) is 5.69 Å². The number of aryl methyl sites for hydroxylation is 1. The molecule has 1 N–H and O–H groups in total. The van der Waals surface area contributed by atoms with Crippen molar-refractivity contribution in [3.63, 3.8) is 0 Å². The van der Waals surface area contributed by atoms with E-state index in [2.05, 4.69) is 50.5 Å². The zero-order valence-electron chi connectivity index (χ0n) is 13.4. The first-order valence-electron chi connectivity index (χ1n) is 8.17. The van der Waals surface area contributed by atoms with Crippen LogP contribution in [0.5, 0.6) is 0 Å². The van der Waals surface area contributed by atoms with Crippen LogP contribution in [0.15, 0.2) is 52.0 Å². The molecule has 5 heteroatoms. The van der Waals surface area contributed by atoms with E-state index in [1.165, 1.54) is 11.1 Å². The number of hydrogen-bond acceptors (Lipinski definition) is 3. The van der Waals surface area contributed by atoms with Gasteiger partial charge in [0.25, 0.3) is 0 Å². The summed E-state index contributed by atoms with van der Waals surface area (Å²) in [4.78, 5) is 17.0. The van der Waals surface area contributed by atoms with Crippen LogP contribution in [-0.2, 0) is 19.4 Å². The van der Waals surface area contributed by atoms with Gasteiger partial charge in [-0.1, -0.05) is 24.3 Å². The van der Waals surface area contributed by atoms with E-state index in [4.69, 9.17) is 0 Å². The van der Waals surface area contributed by atoms with Crippen LogP contribution in [0.25, 0.3) is 11.0 Å². The molecule has 122 valence electrons. The van der Waals surface area contributed by atoms with Gasteiger partial charge in [0.2, 0.25) is 5.43 Å². The molecule has 1 aliphatic rings. The molecule has 0 bridgehead atoms. The Morgan fingerprint density at radius 1 is 1.29 bits per heavy atom. The van der Waals surface area contributed by atoms with E-state index < -0.39 is 0 Å². The Labute approximate surface area is 148 Å². The minimum atomic E-state index is -0.0134. The first-order valence-corrected chi connectivity index (χ1v) is 8.97. The Hall–Kier alpha value is -2.14. The minimum Gasteiger partial charge on any atom is -0.380 e. The lowest BCUT2D eigenvalue weighted by Gasteiger charge is -2.15. The molecule has 0 saturated carbocycles. The van der Waals surface area contributed by atoms with Crippen molar-refractivity contribution in [2.45, 2.75) is 32.4 Å². The van der Waals surface area contributed by atoms with Gasteiger partial charge in [-0.05, 0) is 52.9 Å². The van der Waals surface area contributed by atoms with Crippen molar-refractivity contribution in [2.75, 3.05) is 5.32 Å². The first-order chi connectivity index (χ1) is 11.7. The Morgan fingerprint density at radius 3 is 2.67 bits per heavy atom. The van der Waals surface area contributed by atoms with E-state index in [1.54, 1.807) is 6.20 Å². The predicted molar refractivity (Wildman–Crippen MR) is 101 cm³/mol. The third-order valence-electron chi connectivity index (χ3n) is 4.63. The Bertz CT molecular complexity index is 955. The van der Waals surface area contributed by atoms with Crippen molar-refractivity contribution in [1.82, 2.24) is 9.55 Å². The molecule has 0 aliphatic heterocycles. The molecule has 2 aromatic heterocycles. The number of nitrogens with zero attached hydrogens (tertiary/aromatic N) is 2. The summed E-state index contributed by atoms with van der Waals surface area (Å²) in [5.41, 5.74) is 4.42. The Balaban J connectivity index is 1.67. The Kier molecular flexibility index (Phi) is 3.88. The van der Waals surface area contributed by atoms with E-state index in [-0.39, 0.29) is 5.43 Å².